The Bertz CT molecular complexity index is 516. The highest BCUT2D eigenvalue weighted by Gasteiger charge is 2.17. The van der Waals surface area contributed by atoms with Crippen molar-refractivity contribution in [2.45, 2.75) is 6.10 Å². The zero-order chi connectivity index (χ0) is 15.8. The van der Waals surface area contributed by atoms with Gasteiger partial charge in [-0.2, -0.15) is 0 Å². The van der Waals surface area contributed by atoms with Gasteiger partial charge in [0.1, 0.15) is 19.0 Å². The highest BCUT2D eigenvalue weighted by Crippen LogP contribution is 2.13. The quantitative estimate of drug-likeness (QED) is 0.509. The molecule has 11 nitrogen and oxygen atoms in total. The standard InChI is InChI=1S/C10H10N2O9/c13-10(14)7-1-3-8(4-2-7)19-5-9(21-12(17)18)6-20-11(15)16/h1-4,9H,5-6H2,(H,13,14). The van der Waals surface area contributed by atoms with Crippen LogP contribution in [-0.2, 0) is 9.68 Å². The number of carbonyl (C=O) groups is 1. The van der Waals surface area contributed by atoms with Gasteiger partial charge in [-0.15, -0.1) is 20.2 Å². The molecule has 0 amide bonds. The van der Waals surface area contributed by atoms with E-state index in [0.29, 0.717) is 0 Å². The van der Waals surface area contributed by atoms with E-state index >= 15 is 0 Å². The highest BCUT2D eigenvalue weighted by molar-refractivity contribution is 5.87. The van der Waals surface area contributed by atoms with E-state index in [2.05, 4.69) is 9.68 Å². The van der Waals surface area contributed by atoms with E-state index < -0.39 is 28.9 Å². The Labute approximate surface area is 116 Å². The van der Waals surface area contributed by atoms with Crippen LogP contribution in [0.3, 0.4) is 0 Å². The van der Waals surface area contributed by atoms with E-state index in [9.17, 15) is 25.0 Å². The largest absolute Gasteiger partial charge is 0.491 e. The second-order valence-electron chi connectivity index (χ2n) is 3.61. The first-order valence-corrected chi connectivity index (χ1v) is 5.43. The molecule has 0 saturated carbocycles. The summed E-state index contributed by atoms with van der Waals surface area (Å²) >= 11 is 0. The molecule has 1 aromatic rings. The van der Waals surface area contributed by atoms with Crippen LogP contribution in [-0.4, -0.2) is 40.6 Å². The smallest absolute Gasteiger partial charge is 0.335 e. The van der Waals surface area contributed by atoms with Crippen LogP contribution >= 0.6 is 0 Å². The van der Waals surface area contributed by atoms with Crippen LogP contribution in [0.2, 0.25) is 0 Å². The molecule has 1 unspecified atom stereocenters. The second-order valence-corrected chi connectivity index (χ2v) is 3.61. The van der Waals surface area contributed by atoms with Crippen molar-refractivity contribution >= 4 is 5.97 Å². The summed E-state index contributed by atoms with van der Waals surface area (Å²) in [5, 5.41) is 26.7. The van der Waals surface area contributed by atoms with Crippen molar-refractivity contribution in [1.82, 2.24) is 0 Å². The third-order valence-electron chi connectivity index (χ3n) is 2.14. The number of carboxylic acid groups (broad SMARTS) is 1. The van der Waals surface area contributed by atoms with Gasteiger partial charge in [-0.3, -0.25) is 0 Å². The second kappa shape index (κ2) is 7.47. The van der Waals surface area contributed by atoms with E-state index in [-0.39, 0.29) is 17.9 Å². The molecule has 1 N–H and O–H groups in total. The van der Waals surface area contributed by atoms with Crippen LogP contribution in [0.25, 0.3) is 0 Å². The first-order valence-electron chi connectivity index (χ1n) is 5.43. The molecule has 0 radical (unpaired) electrons. The van der Waals surface area contributed by atoms with Crippen LogP contribution in [0.5, 0.6) is 5.75 Å². The molecule has 11 heteroatoms. The summed E-state index contributed by atoms with van der Waals surface area (Å²) in [6, 6.07) is 5.21. The lowest BCUT2D eigenvalue weighted by Crippen LogP contribution is -2.30. The normalized spacial score (nSPS) is 11.2. The monoisotopic (exact) mass is 302 g/mol. The molecular weight excluding hydrogens is 292 g/mol. The molecule has 0 aliphatic carbocycles. The fraction of sp³-hybridized carbons (Fsp3) is 0.300. The van der Waals surface area contributed by atoms with Crippen LogP contribution in [0.1, 0.15) is 10.4 Å². The zero-order valence-corrected chi connectivity index (χ0v) is 10.4. The number of rotatable bonds is 9. The lowest BCUT2D eigenvalue weighted by atomic mass is 10.2. The molecule has 0 aliphatic heterocycles. The fourth-order valence-electron chi connectivity index (χ4n) is 1.26. The van der Waals surface area contributed by atoms with Crippen LogP contribution in [0.15, 0.2) is 24.3 Å². The van der Waals surface area contributed by atoms with Gasteiger partial charge in [-0.25, -0.2) is 4.79 Å². The summed E-state index contributed by atoms with van der Waals surface area (Å²) in [5.74, 6) is -0.895. The van der Waals surface area contributed by atoms with Crippen molar-refractivity contribution in [3.63, 3.8) is 0 Å². The summed E-state index contributed by atoms with van der Waals surface area (Å²) in [6.07, 6.45) is -1.30. The van der Waals surface area contributed by atoms with E-state index in [1.165, 1.54) is 24.3 Å². The zero-order valence-electron chi connectivity index (χ0n) is 10.4. The number of aromatic carboxylic acids is 1. The molecule has 0 heterocycles. The van der Waals surface area contributed by atoms with Crippen LogP contribution in [0, 0.1) is 20.2 Å². The molecule has 114 valence electrons. The molecule has 0 saturated heterocycles. The Hall–Kier alpha value is -3.11. The first kappa shape index (κ1) is 15.9. The maximum absolute atomic E-state index is 10.6. The van der Waals surface area contributed by atoms with Gasteiger partial charge in [0.2, 0.25) is 0 Å². The van der Waals surface area contributed by atoms with Gasteiger partial charge in [-0.05, 0) is 24.3 Å². The van der Waals surface area contributed by atoms with Crippen LogP contribution < -0.4 is 4.74 Å². The summed E-state index contributed by atoms with van der Waals surface area (Å²) < 4.78 is 5.11. The molecule has 0 bridgehead atoms. The lowest BCUT2D eigenvalue weighted by molar-refractivity contribution is -0.790. The van der Waals surface area contributed by atoms with Gasteiger partial charge in [0.15, 0.2) is 6.10 Å². The van der Waals surface area contributed by atoms with E-state index in [4.69, 9.17) is 9.84 Å². The number of carboxylic acids is 1. The first-order chi connectivity index (χ1) is 9.88. The molecule has 1 aromatic carbocycles. The minimum atomic E-state index is -1.30. The number of nitrogens with zero attached hydrogens (tertiary/aromatic N) is 2. The van der Waals surface area contributed by atoms with Gasteiger partial charge in [-0.1, -0.05) is 0 Å². The minimum Gasteiger partial charge on any atom is -0.491 e. The molecule has 1 rings (SSSR count). The van der Waals surface area contributed by atoms with Crippen LogP contribution in [0.4, 0.5) is 0 Å². The molecular formula is C10H10N2O9. The summed E-state index contributed by atoms with van der Waals surface area (Å²) in [5.41, 5.74) is 0.0390. The van der Waals surface area contributed by atoms with E-state index in [1.807, 2.05) is 0 Å². The number of hydrogen-bond donors (Lipinski definition) is 1. The fourth-order valence-corrected chi connectivity index (χ4v) is 1.26. The van der Waals surface area contributed by atoms with Crippen molar-refractivity contribution < 1.29 is 34.5 Å². The van der Waals surface area contributed by atoms with Crippen molar-refractivity contribution in [2.75, 3.05) is 13.2 Å². The molecule has 1 atom stereocenters. The van der Waals surface area contributed by atoms with Gasteiger partial charge >= 0.3 is 5.97 Å². The van der Waals surface area contributed by atoms with Gasteiger partial charge in [0.25, 0.3) is 10.2 Å². The van der Waals surface area contributed by atoms with Gasteiger partial charge < -0.3 is 19.5 Å². The summed E-state index contributed by atoms with van der Waals surface area (Å²) in [7, 11) is 0. The average molecular weight is 302 g/mol. The topological polar surface area (TPSA) is 151 Å². The average Bonchev–Trinajstić information content (AvgIpc) is 2.41. The summed E-state index contributed by atoms with van der Waals surface area (Å²) in [4.78, 5) is 39.0. The Morgan fingerprint density at radius 3 is 2.24 bits per heavy atom. The predicted molar refractivity (Wildman–Crippen MR) is 63.7 cm³/mol. The molecule has 0 fully saturated rings. The molecule has 0 aromatic heterocycles. The molecule has 21 heavy (non-hydrogen) atoms. The SMILES string of the molecule is O=C(O)c1ccc(OCC(CO[N+](=O)[O-])O[N+](=O)[O-])cc1. The molecule has 0 aliphatic rings. The van der Waals surface area contributed by atoms with Gasteiger partial charge in [0, 0.05) is 0 Å². The minimum absolute atomic E-state index is 0.0390. The van der Waals surface area contributed by atoms with Crippen molar-refractivity contribution in [3.05, 3.63) is 50.1 Å². The maximum Gasteiger partial charge on any atom is 0.335 e. The Balaban J connectivity index is 2.56. The predicted octanol–water partition coefficient (Wildman–Crippen LogP) is 0.549. The lowest BCUT2D eigenvalue weighted by Gasteiger charge is -2.14. The number of ether oxygens (including phenoxy) is 1. The highest BCUT2D eigenvalue weighted by atomic mass is 17.0. The molecule has 0 spiro atoms. The number of hydrogen-bond acceptors (Lipinski definition) is 8. The Morgan fingerprint density at radius 1 is 1.14 bits per heavy atom. The van der Waals surface area contributed by atoms with Crippen molar-refractivity contribution in [3.8, 4) is 5.75 Å². The Morgan fingerprint density at radius 2 is 1.76 bits per heavy atom. The number of benzene rings is 1. The van der Waals surface area contributed by atoms with Crippen molar-refractivity contribution in [1.29, 1.82) is 0 Å². The summed E-state index contributed by atoms with van der Waals surface area (Å²) in [6.45, 7) is -1.07. The third kappa shape index (κ3) is 6.04. The van der Waals surface area contributed by atoms with Gasteiger partial charge in [0.05, 0.1) is 5.56 Å². The van der Waals surface area contributed by atoms with Crippen molar-refractivity contribution in [2.24, 2.45) is 0 Å². The third-order valence-corrected chi connectivity index (χ3v) is 2.14. The Kier molecular flexibility index (Phi) is 5.67. The van der Waals surface area contributed by atoms with E-state index in [0.717, 1.165) is 0 Å². The van der Waals surface area contributed by atoms with E-state index in [1.54, 1.807) is 0 Å². The maximum atomic E-state index is 10.6.